The molecule has 0 radical (unpaired) electrons. The highest BCUT2D eigenvalue weighted by molar-refractivity contribution is 7.98. The molecule has 2 aromatic rings. The molecule has 2 rings (SSSR count). The van der Waals surface area contributed by atoms with E-state index in [9.17, 15) is 0 Å². The highest BCUT2D eigenvalue weighted by atomic mass is 32.2. The number of nitrogens with zero attached hydrogens (tertiary/aromatic N) is 5. The van der Waals surface area contributed by atoms with Gasteiger partial charge in [0.15, 0.2) is 5.82 Å². The zero-order valence-corrected chi connectivity index (χ0v) is 11.1. The first-order valence-corrected chi connectivity index (χ1v) is 6.44. The second-order valence-electron chi connectivity index (χ2n) is 3.71. The third-order valence-corrected chi connectivity index (χ3v) is 3.04. The van der Waals surface area contributed by atoms with Gasteiger partial charge in [0.05, 0.1) is 0 Å². The maximum atomic E-state index is 9.07. The number of hydrogen-bond donors (Lipinski definition) is 1. The molecular formula is C11H12N6S. The monoisotopic (exact) mass is 260 g/mol. The summed E-state index contributed by atoms with van der Waals surface area (Å²) in [6, 6.07) is 3.84. The van der Waals surface area contributed by atoms with Gasteiger partial charge in [-0.05, 0) is 20.1 Å². The number of nitrogen functional groups attached to an aromatic ring is 1. The van der Waals surface area contributed by atoms with E-state index in [4.69, 9.17) is 11.0 Å². The SMILES string of the molecule is CSc1nn(-c2cc(C)nc(C)n2)c(N)c1C#N. The van der Waals surface area contributed by atoms with Crippen LogP contribution in [0.2, 0.25) is 0 Å². The van der Waals surface area contributed by atoms with Crippen LogP contribution in [0, 0.1) is 25.2 Å². The average Bonchev–Trinajstić information content (AvgIpc) is 2.64. The molecule has 0 aromatic carbocycles. The molecule has 0 aliphatic rings. The van der Waals surface area contributed by atoms with Crippen LogP contribution in [0.25, 0.3) is 5.82 Å². The van der Waals surface area contributed by atoms with Crippen LogP contribution in [-0.4, -0.2) is 26.0 Å². The third-order valence-electron chi connectivity index (χ3n) is 2.36. The summed E-state index contributed by atoms with van der Waals surface area (Å²) in [4.78, 5) is 8.47. The first kappa shape index (κ1) is 12.4. The molecule has 2 heterocycles. The Hall–Kier alpha value is -2.07. The maximum absolute atomic E-state index is 9.07. The molecule has 0 atom stereocenters. The van der Waals surface area contributed by atoms with E-state index < -0.39 is 0 Å². The van der Waals surface area contributed by atoms with Crippen molar-refractivity contribution in [3.05, 3.63) is 23.1 Å². The molecule has 0 unspecified atom stereocenters. The molecule has 0 fully saturated rings. The molecule has 92 valence electrons. The largest absolute Gasteiger partial charge is 0.382 e. The van der Waals surface area contributed by atoms with Crippen molar-refractivity contribution < 1.29 is 0 Å². The van der Waals surface area contributed by atoms with Crippen LogP contribution < -0.4 is 5.73 Å². The van der Waals surface area contributed by atoms with Gasteiger partial charge in [-0.1, -0.05) is 0 Å². The Morgan fingerprint density at radius 1 is 1.39 bits per heavy atom. The van der Waals surface area contributed by atoms with Crippen molar-refractivity contribution in [2.45, 2.75) is 18.9 Å². The second kappa shape index (κ2) is 4.66. The number of nitriles is 1. The van der Waals surface area contributed by atoms with Crippen molar-refractivity contribution in [1.82, 2.24) is 19.7 Å². The quantitative estimate of drug-likeness (QED) is 0.821. The summed E-state index contributed by atoms with van der Waals surface area (Å²) in [5, 5.41) is 14.0. The summed E-state index contributed by atoms with van der Waals surface area (Å²) in [5.41, 5.74) is 7.14. The van der Waals surface area contributed by atoms with E-state index in [2.05, 4.69) is 21.1 Å². The summed E-state index contributed by atoms with van der Waals surface area (Å²) in [7, 11) is 0. The standard InChI is InChI=1S/C11H12N6S/c1-6-4-9(15-7(2)14-6)17-10(13)8(5-12)11(16-17)18-3/h4H,13H2,1-3H3. The number of aryl methyl sites for hydroxylation is 2. The van der Waals surface area contributed by atoms with Crippen molar-refractivity contribution in [3.63, 3.8) is 0 Å². The molecule has 0 aliphatic heterocycles. The summed E-state index contributed by atoms with van der Waals surface area (Å²) >= 11 is 1.38. The fourth-order valence-corrected chi connectivity index (χ4v) is 2.16. The predicted molar refractivity (Wildman–Crippen MR) is 69.5 cm³/mol. The van der Waals surface area contributed by atoms with E-state index in [1.54, 1.807) is 13.0 Å². The molecule has 0 aliphatic carbocycles. The zero-order chi connectivity index (χ0) is 13.3. The summed E-state index contributed by atoms with van der Waals surface area (Å²) < 4.78 is 1.48. The number of rotatable bonds is 2. The number of anilines is 1. The van der Waals surface area contributed by atoms with Crippen LogP contribution >= 0.6 is 11.8 Å². The number of thioether (sulfide) groups is 1. The lowest BCUT2D eigenvalue weighted by atomic mass is 10.3. The van der Waals surface area contributed by atoms with E-state index >= 15 is 0 Å². The van der Waals surface area contributed by atoms with Crippen LogP contribution in [0.4, 0.5) is 5.82 Å². The Bertz CT molecular complexity index is 619. The fraction of sp³-hybridized carbons (Fsp3) is 0.273. The van der Waals surface area contributed by atoms with Crippen molar-refractivity contribution in [2.75, 3.05) is 12.0 Å². The minimum atomic E-state index is 0.305. The molecule has 6 nitrogen and oxygen atoms in total. The van der Waals surface area contributed by atoms with Gasteiger partial charge in [-0.15, -0.1) is 11.8 Å². The molecule has 0 spiro atoms. The lowest BCUT2D eigenvalue weighted by Crippen LogP contribution is -2.07. The van der Waals surface area contributed by atoms with Crippen molar-refractivity contribution in [3.8, 4) is 11.9 Å². The van der Waals surface area contributed by atoms with Gasteiger partial charge in [0.1, 0.15) is 28.3 Å². The Balaban J connectivity index is 2.65. The van der Waals surface area contributed by atoms with Crippen LogP contribution in [0.1, 0.15) is 17.1 Å². The molecule has 7 heteroatoms. The first-order chi connectivity index (χ1) is 8.56. The number of nitrogens with two attached hydrogens (primary N) is 1. The first-order valence-electron chi connectivity index (χ1n) is 5.22. The van der Waals surface area contributed by atoms with E-state index in [-0.39, 0.29) is 0 Å². The van der Waals surface area contributed by atoms with Crippen LogP contribution in [-0.2, 0) is 0 Å². The van der Waals surface area contributed by atoms with Gasteiger partial charge in [-0.3, -0.25) is 0 Å². The minimum absolute atomic E-state index is 0.305. The molecule has 0 bridgehead atoms. The van der Waals surface area contributed by atoms with Gasteiger partial charge in [0.25, 0.3) is 0 Å². The molecular weight excluding hydrogens is 248 g/mol. The zero-order valence-electron chi connectivity index (χ0n) is 10.3. The predicted octanol–water partition coefficient (Wildman–Crippen LogP) is 1.45. The van der Waals surface area contributed by atoms with E-state index in [0.29, 0.717) is 28.0 Å². The lowest BCUT2D eigenvalue weighted by molar-refractivity contribution is 0.801. The molecule has 2 aromatic heterocycles. The van der Waals surface area contributed by atoms with Gasteiger partial charge in [0, 0.05) is 11.8 Å². The molecule has 2 N–H and O–H groups in total. The Labute approximate surface area is 109 Å². The topological polar surface area (TPSA) is 93.4 Å². The highest BCUT2D eigenvalue weighted by Gasteiger charge is 2.16. The Kier molecular flexibility index (Phi) is 3.21. The summed E-state index contributed by atoms with van der Waals surface area (Å²) in [5.74, 6) is 1.53. The van der Waals surface area contributed by atoms with Gasteiger partial charge >= 0.3 is 0 Å². The Morgan fingerprint density at radius 2 is 2.11 bits per heavy atom. The van der Waals surface area contributed by atoms with Crippen molar-refractivity contribution in [2.24, 2.45) is 0 Å². The smallest absolute Gasteiger partial charge is 0.159 e. The van der Waals surface area contributed by atoms with Crippen LogP contribution in [0.5, 0.6) is 0 Å². The number of aromatic nitrogens is 4. The van der Waals surface area contributed by atoms with E-state index in [1.165, 1.54) is 16.4 Å². The fourth-order valence-electron chi connectivity index (χ4n) is 1.64. The van der Waals surface area contributed by atoms with Gasteiger partial charge in [-0.2, -0.15) is 15.0 Å². The van der Waals surface area contributed by atoms with Gasteiger partial charge < -0.3 is 5.73 Å². The van der Waals surface area contributed by atoms with Gasteiger partial charge in [0.2, 0.25) is 0 Å². The van der Waals surface area contributed by atoms with E-state index in [1.807, 2.05) is 13.2 Å². The van der Waals surface area contributed by atoms with Gasteiger partial charge in [-0.25, -0.2) is 9.97 Å². The summed E-state index contributed by atoms with van der Waals surface area (Å²) in [6.07, 6.45) is 1.85. The molecule has 0 saturated heterocycles. The normalized spacial score (nSPS) is 10.3. The van der Waals surface area contributed by atoms with E-state index in [0.717, 1.165) is 5.69 Å². The molecule has 0 saturated carbocycles. The highest BCUT2D eigenvalue weighted by Crippen LogP contribution is 2.25. The van der Waals surface area contributed by atoms with Crippen LogP contribution in [0.3, 0.4) is 0 Å². The van der Waals surface area contributed by atoms with Crippen molar-refractivity contribution in [1.29, 1.82) is 5.26 Å². The van der Waals surface area contributed by atoms with Crippen molar-refractivity contribution >= 4 is 17.6 Å². The third kappa shape index (κ3) is 2.02. The Morgan fingerprint density at radius 3 is 2.61 bits per heavy atom. The lowest BCUT2D eigenvalue weighted by Gasteiger charge is -2.04. The molecule has 0 amide bonds. The molecule has 18 heavy (non-hydrogen) atoms. The van der Waals surface area contributed by atoms with Crippen LogP contribution in [0.15, 0.2) is 11.1 Å². The minimum Gasteiger partial charge on any atom is -0.382 e. The maximum Gasteiger partial charge on any atom is 0.159 e. The summed E-state index contributed by atoms with van der Waals surface area (Å²) in [6.45, 7) is 3.68. The second-order valence-corrected chi connectivity index (χ2v) is 4.50. The number of hydrogen-bond acceptors (Lipinski definition) is 6. The average molecular weight is 260 g/mol.